The molecule has 1 aliphatic heterocycles. The first-order valence-corrected chi connectivity index (χ1v) is 8.06. The molecule has 25 heavy (non-hydrogen) atoms. The predicted molar refractivity (Wildman–Crippen MR) is 100 cm³/mol. The van der Waals surface area contributed by atoms with Crippen LogP contribution in [0.5, 0.6) is 0 Å². The minimum atomic E-state index is 0.621. The molecular weight excluding hydrogens is 334 g/mol. The SMILES string of the molecule is C=C1C=CN(c2ccncc2)N=C1c1ccnn1-c1ccccc1Cl. The molecule has 3 heterocycles. The van der Waals surface area contributed by atoms with Gasteiger partial charge in [-0.3, -0.25) is 4.98 Å². The fourth-order valence-electron chi connectivity index (χ4n) is 2.60. The number of hydrazone groups is 1. The van der Waals surface area contributed by atoms with Gasteiger partial charge in [-0.15, -0.1) is 0 Å². The molecule has 0 spiro atoms. The molecule has 0 atom stereocenters. The minimum Gasteiger partial charge on any atom is -0.265 e. The van der Waals surface area contributed by atoms with Gasteiger partial charge in [-0.1, -0.05) is 30.3 Å². The molecule has 3 aromatic rings. The van der Waals surface area contributed by atoms with E-state index in [0.29, 0.717) is 5.02 Å². The van der Waals surface area contributed by atoms with Crippen molar-refractivity contribution in [3.05, 3.63) is 96.2 Å². The Morgan fingerprint density at radius 2 is 1.76 bits per heavy atom. The van der Waals surface area contributed by atoms with Gasteiger partial charge in [0.15, 0.2) is 0 Å². The van der Waals surface area contributed by atoms with Crippen LogP contribution in [0.3, 0.4) is 0 Å². The van der Waals surface area contributed by atoms with E-state index in [1.165, 1.54) is 0 Å². The Balaban J connectivity index is 1.80. The van der Waals surface area contributed by atoms with E-state index in [9.17, 15) is 0 Å². The van der Waals surface area contributed by atoms with E-state index < -0.39 is 0 Å². The Morgan fingerprint density at radius 1 is 0.960 bits per heavy atom. The summed E-state index contributed by atoms with van der Waals surface area (Å²) in [5, 5.41) is 11.5. The van der Waals surface area contributed by atoms with Crippen molar-refractivity contribution in [3.8, 4) is 5.69 Å². The van der Waals surface area contributed by atoms with Crippen LogP contribution in [0.15, 0.2) is 90.6 Å². The van der Waals surface area contributed by atoms with Crippen LogP contribution in [0.1, 0.15) is 5.69 Å². The lowest BCUT2D eigenvalue weighted by molar-refractivity contribution is 0.868. The smallest absolute Gasteiger partial charge is 0.116 e. The van der Waals surface area contributed by atoms with E-state index in [1.54, 1.807) is 28.3 Å². The highest BCUT2D eigenvalue weighted by Gasteiger charge is 2.19. The number of allylic oxidation sites excluding steroid dienone is 2. The molecule has 0 aliphatic carbocycles. The average molecular weight is 348 g/mol. The van der Waals surface area contributed by atoms with Crippen molar-refractivity contribution in [2.24, 2.45) is 5.10 Å². The molecule has 1 aromatic carbocycles. The minimum absolute atomic E-state index is 0.621. The highest BCUT2D eigenvalue weighted by atomic mass is 35.5. The molecule has 0 N–H and O–H groups in total. The molecule has 2 aromatic heterocycles. The first-order chi connectivity index (χ1) is 12.2. The summed E-state index contributed by atoms with van der Waals surface area (Å²) in [5.74, 6) is 0. The maximum atomic E-state index is 6.33. The normalized spacial score (nSPS) is 13.9. The molecule has 1 aliphatic rings. The Morgan fingerprint density at radius 3 is 2.56 bits per heavy atom. The molecule has 0 unspecified atom stereocenters. The summed E-state index contributed by atoms with van der Waals surface area (Å²) in [5.41, 5.74) is 4.07. The molecule has 122 valence electrons. The van der Waals surface area contributed by atoms with Gasteiger partial charge in [0.05, 0.1) is 28.3 Å². The lowest BCUT2D eigenvalue weighted by Crippen LogP contribution is -2.21. The van der Waals surface area contributed by atoms with E-state index in [-0.39, 0.29) is 0 Å². The van der Waals surface area contributed by atoms with Crippen molar-refractivity contribution in [1.29, 1.82) is 0 Å². The van der Waals surface area contributed by atoms with E-state index in [2.05, 4.69) is 16.7 Å². The summed E-state index contributed by atoms with van der Waals surface area (Å²) in [7, 11) is 0. The van der Waals surface area contributed by atoms with Crippen molar-refractivity contribution in [1.82, 2.24) is 14.8 Å². The van der Waals surface area contributed by atoms with Crippen LogP contribution in [0.2, 0.25) is 5.02 Å². The maximum Gasteiger partial charge on any atom is 0.116 e. The topological polar surface area (TPSA) is 46.3 Å². The van der Waals surface area contributed by atoms with Crippen molar-refractivity contribution in [3.63, 3.8) is 0 Å². The van der Waals surface area contributed by atoms with Gasteiger partial charge in [0.1, 0.15) is 5.71 Å². The lowest BCUT2D eigenvalue weighted by atomic mass is 10.1. The highest BCUT2D eigenvalue weighted by Crippen LogP contribution is 2.25. The second-order valence-corrected chi connectivity index (χ2v) is 5.83. The number of anilines is 1. The number of nitrogens with zero attached hydrogens (tertiary/aromatic N) is 5. The maximum absolute atomic E-state index is 6.33. The van der Waals surface area contributed by atoms with E-state index in [1.807, 2.05) is 54.7 Å². The lowest BCUT2D eigenvalue weighted by Gasteiger charge is -2.21. The van der Waals surface area contributed by atoms with Gasteiger partial charge in [-0.2, -0.15) is 10.2 Å². The summed E-state index contributed by atoms with van der Waals surface area (Å²) < 4.78 is 1.77. The molecule has 6 heteroatoms. The predicted octanol–water partition coefficient (Wildman–Crippen LogP) is 4.21. The average Bonchev–Trinajstić information content (AvgIpc) is 3.12. The Labute approximate surface area is 150 Å². The molecule has 0 saturated carbocycles. The van der Waals surface area contributed by atoms with Crippen molar-refractivity contribution >= 4 is 23.0 Å². The van der Waals surface area contributed by atoms with Gasteiger partial charge in [-0.05, 0) is 42.0 Å². The number of halogens is 1. The fraction of sp³-hybridized carbons (Fsp3) is 0. The van der Waals surface area contributed by atoms with Gasteiger partial charge in [0, 0.05) is 18.6 Å². The molecule has 5 nitrogen and oxygen atoms in total. The van der Waals surface area contributed by atoms with Crippen LogP contribution in [0, 0.1) is 0 Å². The van der Waals surface area contributed by atoms with Crippen molar-refractivity contribution in [2.45, 2.75) is 0 Å². The largest absolute Gasteiger partial charge is 0.265 e. The Hall–Kier alpha value is -3.18. The number of para-hydroxylation sites is 1. The Kier molecular flexibility index (Phi) is 3.91. The number of aromatic nitrogens is 3. The first-order valence-electron chi connectivity index (χ1n) is 7.69. The molecular formula is C19H14ClN5. The summed E-state index contributed by atoms with van der Waals surface area (Å²) in [4.78, 5) is 4.04. The fourth-order valence-corrected chi connectivity index (χ4v) is 2.82. The second-order valence-electron chi connectivity index (χ2n) is 5.42. The zero-order valence-corrected chi connectivity index (χ0v) is 14.0. The van der Waals surface area contributed by atoms with Crippen LogP contribution in [0.4, 0.5) is 5.69 Å². The van der Waals surface area contributed by atoms with Gasteiger partial charge >= 0.3 is 0 Å². The molecule has 0 radical (unpaired) electrons. The third kappa shape index (κ3) is 2.86. The van der Waals surface area contributed by atoms with Crippen molar-refractivity contribution in [2.75, 3.05) is 5.01 Å². The molecule has 0 fully saturated rings. The molecule has 0 bridgehead atoms. The summed E-state index contributed by atoms with van der Waals surface area (Å²) in [6.45, 7) is 4.11. The third-order valence-electron chi connectivity index (χ3n) is 3.82. The van der Waals surface area contributed by atoms with Gasteiger partial charge < -0.3 is 0 Å². The monoisotopic (exact) mass is 347 g/mol. The van der Waals surface area contributed by atoms with Crippen LogP contribution in [0.25, 0.3) is 5.69 Å². The number of hydrogen-bond donors (Lipinski definition) is 0. The van der Waals surface area contributed by atoms with Gasteiger partial charge in [0.2, 0.25) is 0 Å². The number of pyridine rings is 1. The van der Waals surface area contributed by atoms with Crippen LogP contribution in [-0.2, 0) is 0 Å². The van der Waals surface area contributed by atoms with Crippen LogP contribution < -0.4 is 5.01 Å². The second kappa shape index (κ2) is 6.37. The van der Waals surface area contributed by atoms with E-state index >= 15 is 0 Å². The summed E-state index contributed by atoms with van der Waals surface area (Å²) >= 11 is 6.33. The van der Waals surface area contributed by atoms with Crippen LogP contribution >= 0.6 is 11.6 Å². The summed E-state index contributed by atoms with van der Waals surface area (Å²) in [6, 6.07) is 13.3. The molecule has 4 rings (SSSR count). The van der Waals surface area contributed by atoms with Gasteiger partial charge in [-0.25, -0.2) is 9.69 Å². The van der Waals surface area contributed by atoms with Gasteiger partial charge in [0.25, 0.3) is 0 Å². The highest BCUT2D eigenvalue weighted by molar-refractivity contribution is 6.32. The van der Waals surface area contributed by atoms with Crippen molar-refractivity contribution < 1.29 is 0 Å². The quantitative estimate of drug-likeness (QED) is 0.712. The number of benzene rings is 1. The zero-order valence-electron chi connectivity index (χ0n) is 13.2. The first kappa shape index (κ1) is 15.4. The number of rotatable bonds is 3. The molecule has 0 saturated heterocycles. The zero-order chi connectivity index (χ0) is 17.2. The van der Waals surface area contributed by atoms with Crippen LogP contribution in [-0.4, -0.2) is 20.5 Å². The number of hydrogen-bond acceptors (Lipinski definition) is 4. The third-order valence-corrected chi connectivity index (χ3v) is 4.14. The van der Waals surface area contributed by atoms with E-state index in [4.69, 9.17) is 16.7 Å². The van der Waals surface area contributed by atoms with E-state index in [0.717, 1.165) is 28.4 Å². The molecule has 0 amide bonds. The Bertz CT molecular complexity index is 988. The summed E-state index contributed by atoms with van der Waals surface area (Å²) in [6.07, 6.45) is 8.99. The standard InChI is InChI=1S/C19H14ClN5/c1-14-9-13-24(15-6-10-21-11-7-15)23-19(14)18-8-12-22-25(18)17-5-3-2-4-16(17)20/h2-13H,1H2.